The fourth-order valence-corrected chi connectivity index (χ4v) is 5.23. The molecule has 2 heterocycles. The van der Waals surface area contributed by atoms with E-state index >= 15 is 0 Å². The number of benzene rings is 1. The molecule has 2 saturated heterocycles. The maximum atomic E-state index is 13.9. The van der Waals surface area contributed by atoms with E-state index in [0.717, 1.165) is 6.08 Å². The Kier molecular flexibility index (Phi) is 11.5. The molecule has 0 radical (unpaired) electrons. The van der Waals surface area contributed by atoms with E-state index in [0.29, 0.717) is 5.56 Å². The Labute approximate surface area is 271 Å². The molecule has 3 aliphatic rings. The minimum Gasteiger partial charge on any atom is -0.872 e. The van der Waals surface area contributed by atoms with Crippen molar-refractivity contribution in [2.75, 3.05) is 13.2 Å². The minimum atomic E-state index is -3.64. The molecule has 16 nitrogen and oxygen atoms in total. The van der Waals surface area contributed by atoms with Crippen molar-refractivity contribution in [2.24, 2.45) is 0 Å². The Balaban J connectivity index is 0.00000529. The van der Waals surface area contributed by atoms with Crippen molar-refractivity contribution in [3.8, 4) is 5.75 Å². The van der Waals surface area contributed by atoms with Crippen LogP contribution >= 0.6 is 0 Å². The molecular formula is C27H31NaO16. The Bertz CT molecular complexity index is 1320. The fourth-order valence-electron chi connectivity index (χ4n) is 5.23. The molecule has 0 saturated carbocycles. The molecule has 44 heavy (non-hydrogen) atoms. The van der Waals surface area contributed by atoms with Gasteiger partial charge in [0.15, 0.2) is 0 Å². The number of hydrogen-bond donors (Lipinski definition) is 11. The molecule has 4 rings (SSSR count). The molecule has 0 bridgehead atoms. The summed E-state index contributed by atoms with van der Waals surface area (Å²) in [4.78, 5) is 27.6. The van der Waals surface area contributed by atoms with E-state index in [1.54, 1.807) is 0 Å². The molecule has 11 N–H and O–H groups in total. The average molecular weight is 635 g/mol. The van der Waals surface area contributed by atoms with Gasteiger partial charge in [0, 0.05) is 0 Å². The van der Waals surface area contributed by atoms with Crippen molar-refractivity contribution in [3.63, 3.8) is 0 Å². The van der Waals surface area contributed by atoms with Crippen LogP contribution in [0.4, 0.5) is 0 Å². The van der Waals surface area contributed by atoms with Crippen LogP contribution in [-0.4, -0.2) is 148 Å². The van der Waals surface area contributed by atoms with Gasteiger partial charge in [-0.05, 0) is 11.6 Å². The summed E-state index contributed by atoms with van der Waals surface area (Å²) in [6.45, 7) is -2.00. The fraction of sp³-hybridized carbons (Fsp3) is 0.481. The summed E-state index contributed by atoms with van der Waals surface area (Å²) in [6, 6.07) is 5.03. The number of allylic oxidation sites excluding steroid dienone is 2. The van der Waals surface area contributed by atoms with E-state index in [-0.39, 0.29) is 35.3 Å². The molecule has 0 spiro atoms. The second-order valence-corrected chi connectivity index (χ2v) is 10.3. The van der Waals surface area contributed by atoms with Crippen molar-refractivity contribution in [1.82, 2.24) is 0 Å². The summed E-state index contributed by atoms with van der Waals surface area (Å²) >= 11 is 0. The zero-order chi connectivity index (χ0) is 32.0. The SMILES string of the molecule is O=C1C(C2O[C@H](CO)[C@@H](O)[C@H](O)[C@H]2O)=C(O)/C(=C(O)/C=C/c2ccc([O-])cc2)C(=O)C1(O)[C@H]1O[C@H](CO)[C@H](O)[C@H](O)[C@H]1O.[Na+]. The third-order valence-electron chi connectivity index (χ3n) is 7.71. The minimum absolute atomic E-state index is 0. The normalized spacial score (nSPS) is 39.4. The third kappa shape index (κ3) is 6.12. The predicted molar refractivity (Wildman–Crippen MR) is 137 cm³/mol. The van der Waals surface area contributed by atoms with Crippen molar-refractivity contribution in [3.05, 3.63) is 58.6 Å². The smallest absolute Gasteiger partial charge is 0.872 e. The molecule has 11 atom stereocenters. The van der Waals surface area contributed by atoms with Gasteiger partial charge in [-0.25, -0.2) is 0 Å². The summed E-state index contributed by atoms with van der Waals surface area (Å²) in [5.74, 6) is -6.41. The van der Waals surface area contributed by atoms with E-state index in [4.69, 9.17) is 9.47 Å². The van der Waals surface area contributed by atoms with Crippen LogP contribution in [0, 0.1) is 0 Å². The maximum Gasteiger partial charge on any atom is 1.00 e. The van der Waals surface area contributed by atoms with Crippen LogP contribution in [0.3, 0.4) is 0 Å². The first-order valence-corrected chi connectivity index (χ1v) is 13.0. The summed E-state index contributed by atoms with van der Waals surface area (Å²) in [6.07, 6.45) is -18.8. The summed E-state index contributed by atoms with van der Waals surface area (Å²) < 4.78 is 10.6. The standard InChI is InChI=1S/C27H32O16.Na/c28-7-12-16(32)19(35)21(37)23(42-12)15-18(34)14(11(31)6-3-9-1-4-10(30)5-2-9)24(39)27(41,25(15)40)26-22(38)20(36)17(33)13(8-29)43-26;/h1-6,12-13,16-17,19-23,26,28-38,41H,7-8H2;/q;+1/p-1/b6-3+,14-11+;/t12-,13-,16-,17+,19+,20+,21-,22-,23?,26+,27?;/m1./s1. The molecule has 0 aromatic heterocycles. The monoisotopic (exact) mass is 634 g/mol. The first-order valence-electron chi connectivity index (χ1n) is 13.0. The van der Waals surface area contributed by atoms with Crippen LogP contribution < -0.4 is 34.7 Å². The Morgan fingerprint density at radius 2 is 1.34 bits per heavy atom. The molecule has 2 unspecified atom stereocenters. The van der Waals surface area contributed by atoms with Crippen LogP contribution in [0.25, 0.3) is 6.08 Å². The van der Waals surface area contributed by atoms with Gasteiger partial charge < -0.3 is 70.8 Å². The molecule has 17 heteroatoms. The van der Waals surface area contributed by atoms with Gasteiger partial charge in [0.2, 0.25) is 17.2 Å². The van der Waals surface area contributed by atoms with E-state index in [2.05, 4.69) is 0 Å². The van der Waals surface area contributed by atoms with Gasteiger partial charge in [0.05, 0.1) is 18.8 Å². The summed E-state index contributed by atoms with van der Waals surface area (Å²) in [5, 5.41) is 127. The third-order valence-corrected chi connectivity index (χ3v) is 7.71. The molecular weight excluding hydrogens is 603 g/mol. The van der Waals surface area contributed by atoms with Crippen molar-refractivity contribution >= 4 is 17.6 Å². The van der Waals surface area contributed by atoms with Gasteiger partial charge in [0.1, 0.15) is 78.1 Å². The van der Waals surface area contributed by atoms with Crippen LogP contribution in [0.15, 0.2) is 53.0 Å². The number of aliphatic hydroxyl groups is 11. The van der Waals surface area contributed by atoms with Crippen molar-refractivity contribution in [2.45, 2.75) is 66.6 Å². The molecule has 2 fully saturated rings. The topological polar surface area (TPSA) is 298 Å². The van der Waals surface area contributed by atoms with E-state index < -0.39 is 114 Å². The van der Waals surface area contributed by atoms with E-state index in [1.165, 1.54) is 30.3 Å². The Morgan fingerprint density at radius 1 is 0.818 bits per heavy atom. The molecule has 236 valence electrons. The van der Waals surface area contributed by atoms with Gasteiger partial charge >= 0.3 is 29.6 Å². The van der Waals surface area contributed by atoms with Crippen molar-refractivity contribution < 1.29 is 110 Å². The predicted octanol–water partition coefficient (Wildman–Crippen LogP) is -8.03. The maximum absolute atomic E-state index is 13.9. The van der Waals surface area contributed by atoms with Gasteiger partial charge in [-0.2, -0.15) is 0 Å². The van der Waals surface area contributed by atoms with Gasteiger partial charge in [0.25, 0.3) is 0 Å². The van der Waals surface area contributed by atoms with E-state index in [9.17, 15) is 70.9 Å². The Hall–Kier alpha value is -2.26. The van der Waals surface area contributed by atoms with Gasteiger partial charge in [-0.1, -0.05) is 30.3 Å². The van der Waals surface area contributed by atoms with Crippen molar-refractivity contribution in [1.29, 1.82) is 0 Å². The second-order valence-electron chi connectivity index (χ2n) is 10.3. The largest absolute Gasteiger partial charge is 1.00 e. The summed E-state index contributed by atoms with van der Waals surface area (Å²) in [5.41, 5.74) is -5.69. The van der Waals surface area contributed by atoms with Gasteiger partial charge in [-0.15, -0.1) is 5.75 Å². The second kappa shape index (κ2) is 14.0. The number of rotatable bonds is 6. The first-order chi connectivity index (χ1) is 20.2. The quantitative estimate of drug-likeness (QED) is 0.0599. The molecule has 1 aliphatic carbocycles. The number of aliphatic hydroxyl groups excluding tert-OH is 10. The molecule has 2 aliphatic heterocycles. The number of ether oxygens (including phenoxy) is 2. The van der Waals surface area contributed by atoms with Crippen LogP contribution in [0.5, 0.6) is 5.75 Å². The number of ketones is 2. The zero-order valence-electron chi connectivity index (χ0n) is 23.1. The number of Topliss-reactive ketones (excluding diaryl/α,β-unsaturated/α-hetero) is 2. The zero-order valence-corrected chi connectivity index (χ0v) is 25.1. The van der Waals surface area contributed by atoms with Crippen LogP contribution in [0.2, 0.25) is 0 Å². The van der Waals surface area contributed by atoms with Crippen LogP contribution in [0.1, 0.15) is 5.56 Å². The van der Waals surface area contributed by atoms with Crippen LogP contribution in [-0.2, 0) is 19.1 Å². The van der Waals surface area contributed by atoms with Gasteiger partial charge in [-0.3, -0.25) is 9.59 Å². The number of hydrogen-bond acceptors (Lipinski definition) is 16. The number of carbonyl (C=O) groups is 2. The van der Waals surface area contributed by atoms with E-state index in [1.807, 2.05) is 0 Å². The first kappa shape index (κ1) is 36.2. The number of carbonyl (C=O) groups excluding carboxylic acids is 2. The molecule has 0 amide bonds. The average Bonchev–Trinajstić information content (AvgIpc) is 2.98. The molecule has 1 aromatic carbocycles. The summed E-state index contributed by atoms with van der Waals surface area (Å²) in [7, 11) is 0. The Morgan fingerprint density at radius 3 is 1.89 bits per heavy atom. The molecule has 1 aromatic rings.